The Labute approximate surface area is 129 Å². The minimum absolute atomic E-state index is 0.114. The molecule has 1 aromatic heterocycles. The third kappa shape index (κ3) is 4.24. The SMILES string of the molecule is COc1ccc(SCC(=O)Nc2sccc2C(=O)O)cc1. The molecule has 0 spiro atoms. The van der Waals surface area contributed by atoms with E-state index in [0.717, 1.165) is 10.6 Å². The van der Waals surface area contributed by atoms with Crippen molar-refractivity contribution in [1.82, 2.24) is 0 Å². The van der Waals surface area contributed by atoms with Crippen LogP contribution in [0.1, 0.15) is 10.4 Å². The molecule has 0 atom stereocenters. The maximum Gasteiger partial charge on any atom is 0.338 e. The molecule has 0 bridgehead atoms. The van der Waals surface area contributed by atoms with Crippen molar-refractivity contribution >= 4 is 40.0 Å². The van der Waals surface area contributed by atoms with Crippen molar-refractivity contribution < 1.29 is 19.4 Å². The molecule has 0 fully saturated rings. The van der Waals surface area contributed by atoms with Crippen LogP contribution in [0.4, 0.5) is 5.00 Å². The topological polar surface area (TPSA) is 75.6 Å². The molecular formula is C14H13NO4S2. The van der Waals surface area contributed by atoms with Gasteiger partial charge in [0.1, 0.15) is 10.8 Å². The molecule has 0 aliphatic carbocycles. The predicted octanol–water partition coefficient (Wildman–Crippen LogP) is 3.19. The fourth-order valence-electron chi connectivity index (χ4n) is 1.56. The van der Waals surface area contributed by atoms with E-state index < -0.39 is 5.97 Å². The summed E-state index contributed by atoms with van der Waals surface area (Å²) < 4.78 is 5.06. The lowest BCUT2D eigenvalue weighted by molar-refractivity contribution is -0.113. The summed E-state index contributed by atoms with van der Waals surface area (Å²) in [6.45, 7) is 0. The second-order valence-corrected chi connectivity index (χ2v) is 5.95. The number of anilines is 1. The van der Waals surface area contributed by atoms with Gasteiger partial charge < -0.3 is 15.2 Å². The third-order valence-electron chi connectivity index (χ3n) is 2.58. The molecule has 0 unspecified atom stereocenters. The molecule has 2 N–H and O–H groups in total. The number of carbonyl (C=O) groups excluding carboxylic acids is 1. The molecule has 110 valence electrons. The van der Waals surface area contributed by atoms with E-state index in [9.17, 15) is 9.59 Å². The minimum Gasteiger partial charge on any atom is -0.497 e. The maximum atomic E-state index is 11.8. The van der Waals surface area contributed by atoms with E-state index in [-0.39, 0.29) is 17.2 Å². The summed E-state index contributed by atoms with van der Waals surface area (Å²) in [7, 11) is 1.59. The maximum absolute atomic E-state index is 11.8. The molecule has 0 radical (unpaired) electrons. The van der Waals surface area contributed by atoms with Gasteiger partial charge in [0.15, 0.2) is 0 Å². The van der Waals surface area contributed by atoms with Gasteiger partial charge in [-0.3, -0.25) is 4.79 Å². The number of aromatic carboxylic acids is 1. The van der Waals surface area contributed by atoms with Crippen LogP contribution in [0.15, 0.2) is 40.6 Å². The lowest BCUT2D eigenvalue weighted by Gasteiger charge is -2.05. The highest BCUT2D eigenvalue weighted by atomic mass is 32.2. The summed E-state index contributed by atoms with van der Waals surface area (Å²) in [4.78, 5) is 23.7. The second-order valence-electron chi connectivity index (χ2n) is 3.98. The van der Waals surface area contributed by atoms with E-state index in [1.807, 2.05) is 24.3 Å². The minimum atomic E-state index is -1.05. The Balaban J connectivity index is 1.89. The number of carboxylic acids is 1. The first-order valence-corrected chi connectivity index (χ1v) is 7.84. The van der Waals surface area contributed by atoms with E-state index in [2.05, 4.69) is 5.32 Å². The molecule has 5 nitrogen and oxygen atoms in total. The summed E-state index contributed by atoms with van der Waals surface area (Å²) in [5.74, 6) is -0.313. The van der Waals surface area contributed by atoms with Gasteiger partial charge >= 0.3 is 5.97 Å². The first-order valence-electron chi connectivity index (χ1n) is 5.97. The summed E-state index contributed by atoms with van der Waals surface area (Å²) in [5, 5.41) is 13.6. The first kappa shape index (κ1) is 15.4. The summed E-state index contributed by atoms with van der Waals surface area (Å²) in [6.07, 6.45) is 0. The lowest BCUT2D eigenvalue weighted by Crippen LogP contribution is -2.15. The molecule has 0 saturated carbocycles. The molecule has 2 aromatic rings. The van der Waals surface area contributed by atoms with Crippen LogP contribution in [0.2, 0.25) is 0 Å². The zero-order valence-corrected chi connectivity index (χ0v) is 12.8. The number of hydrogen-bond donors (Lipinski definition) is 2. The van der Waals surface area contributed by atoms with Gasteiger partial charge in [0, 0.05) is 4.90 Å². The van der Waals surface area contributed by atoms with E-state index in [1.165, 1.54) is 29.2 Å². The Morgan fingerprint density at radius 3 is 2.62 bits per heavy atom. The number of thiophene rings is 1. The van der Waals surface area contributed by atoms with Crippen molar-refractivity contribution in [3.05, 3.63) is 41.3 Å². The number of benzene rings is 1. The van der Waals surface area contributed by atoms with Gasteiger partial charge in [-0.25, -0.2) is 4.79 Å². The zero-order valence-electron chi connectivity index (χ0n) is 11.2. The number of methoxy groups -OCH3 is 1. The Kier molecular flexibility index (Phi) is 5.24. The molecule has 1 amide bonds. The number of hydrogen-bond acceptors (Lipinski definition) is 5. The van der Waals surface area contributed by atoms with E-state index in [0.29, 0.717) is 5.00 Å². The highest BCUT2D eigenvalue weighted by Crippen LogP contribution is 2.25. The largest absolute Gasteiger partial charge is 0.497 e. The van der Waals surface area contributed by atoms with E-state index in [1.54, 1.807) is 12.5 Å². The van der Waals surface area contributed by atoms with Crippen molar-refractivity contribution in [2.24, 2.45) is 0 Å². The van der Waals surface area contributed by atoms with Gasteiger partial charge in [-0.15, -0.1) is 23.1 Å². The molecule has 0 saturated heterocycles. The highest BCUT2D eigenvalue weighted by molar-refractivity contribution is 8.00. The fraction of sp³-hybridized carbons (Fsp3) is 0.143. The molecule has 1 heterocycles. The monoisotopic (exact) mass is 323 g/mol. The molecule has 21 heavy (non-hydrogen) atoms. The molecule has 1 aromatic carbocycles. The van der Waals surface area contributed by atoms with Crippen LogP contribution in [-0.2, 0) is 4.79 Å². The molecule has 0 aliphatic rings. The number of nitrogens with one attached hydrogen (secondary N) is 1. The van der Waals surface area contributed by atoms with Crippen LogP contribution in [0.5, 0.6) is 5.75 Å². The Morgan fingerprint density at radius 2 is 2.00 bits per heavy atom. The standard InChI is InChI=1S/C14H13NO4S2/c1-19-9-2-4-10(5-3-9)21-8-12(16)15-13-11(14(17)18)6-7-20-13/h2-7H,8H2,1H3,(H,15,16)(H,17,18). The van der Waals surface area contributed by atoms with Crippen LogP contribution >= 0.6 is 23.1 Å². The highest BCUT2D eigenvalue weighted by Gasteiger charge is 2.13. The van der Waals surface area contributed by atoms with E-state index >= 15 is 0 Å². The van der Waals surface area contributed by atoms with Crippen molar-refractivity contribution in [3.63, 3.8) is 0 Å². The van der Waals surface area contributed by atoms with Crippen molar-refractivity contribution in [3.8, 4) is 5.75 Å². The van der Waals surface area contributed by atoms with E-state index in [4.69, 9.17) is 9.84 Å². The van der Waals surface area contributed by atoms with Gasteiger partial charge in [0.25, 0.3) is 0 Å². The average Bonchev–Trinajstić information content (AvgIpc) is 2.94. The third-order valence-corrected chi connectivity index (χ3v) is 4.42. The van der Waals surface area contributed by atoms with Gasteiger partial charge in [-0.05, 0) is 35.7 Å². The number of carboxylic acid groups (broad SMARTS) is 1. The predicted molar refractivity (Wildman–Crippen MR) is 83.6 cm³/mol. The Bertz CT molecular complexity index is 637. The first-order chi connectivity index (χ1) is 10.1. The number of carbonyl (C=O) groups is 2. The smallest absolute Gasteiger partial charge is 0.338 e. The lowest BCUT2D eigenvalue weighted by atomic mass is 10.3. The molecule has 0 aliphatic heterocycles. The summed E-state index contributed by atoms with van der Waals surface area (Å²) in [6, 6.07) is 8.85. The number of thioether (sulfide) groups is 1. The van der Waals surface area contributed by atoms with Gasteiger partial charge in [-0.2, -0.15) is 0 Å². The van der Waals surface area contributed by atoms with Crippen LogP contribution in [0, 0.1) is 0 Å². The molecule has 7 heteroatoms. The van der Waals surface area contributed by atoms with Crippen LogP contribution < -0.4 is 10.1 Å². The summed E-state index contributed by atoms with van der Waals surface area (Å²) in [5.41, 5.74) is 0.114. The van der Waals surface area contributed by atoms with Crippen LogP contribution in [-0.4, -0.2) is 29.8 Å². The normalized spacial score (nSPS) is 10.1. The number of amides is 1. The van der Waals surface area contributed by atoms with Gasteiger partial charge in [-0.1, -0.05) is 0 Å². The van der Waals surface area contributed by atoms with Crippen LogP contribution in [0.25, 0.3) is 0 Å². The fourth-order valence-corrected chi connectivity index (χ4v) is 3.05. The number of rotatable bonds is 6. The summed E-state index contributed by atoms with van der Waals surface area (Å²) >= 11 is 2.57. The second kappa shape index (κ2) is 7.14. The quantitative estimate of drug-likeness (QED) is 0.799. The van der Waals surface area contributed by atoms with Crippen molar-refractivity contribution in [2.75, 3.05) is 18.2 Å². The van der Waals surface area contributed by atoms with Gasteiger partial charge in [0.2, 0.25) is 5.91 Å². The van der Waals surface area contributed by atoms with Gasteiger partial charge in [0.05, 0.1) is 18.4 Å². The van der Waals surface area contributed by atoms with Crippen molar-refractivity contribution in [2.45, 2.75) is 4.90 Å². The molecular weight excluding hydrogens is 310 g/mol. The Morgan fingerprint density at radius 1 is 1.29 bits per heavy atom. The van der Waals surface area contributed by atoms with Crippen molar-refractivity contribution in [1.29, 1.82) is 0 Å². The average molecular weight is 323 g/mol. The van der Waals surface area contributed by atoms with Crippen LogP contribution in [0.3, 0.4) is 0 Å². The molecule has 2 rings (SSSR count). The zero-order chi connectivity index (χ0) is 15.2. The number of ether oxygens (including phenoxy) is 1. The Hall–Kier alpha value is -1.99.